The van der Waals surface area contributed by atoms with Gasteiger partial charge in [-0.15, -0.1) is 11.3 Å². The summed E-state index contributed by atoms with van der Waals surface area (Å²) in [5.41, 5.74) is 5.21. The van der Waals surface area contributed by atoms with Crippen molar-refractivity contribution in [2.75, 3.05) is 5.32 Å². The SMILES string of the molecule is Cc1ccc(-c2cc(C(F)(F)F)nc3sc(C(N)=O)c(NC(=O)c4ccc(COc5c(F)c(F)cc(F)c5F)o4)c23)cc1. The van der Waals surface area contributed by atoms with E-state index < -0.39 is 65.1 Å². The summed E-state index contributed by atoms with van der Waals surface area (Å²) in [5.74, 6) is -10.9. The fraction of sp³-hybridized carbons (Fsp3) is 0.107. The number of ether oxygens (including phenoxy) is 1. The summed E-state index contributed by atoms with van der Waals surface area (Å²) in [4.78, 5) is 28.5. The fourth-order valence-corrected chi connectivity index (χ4v) is 5.08. The smallest absolute Gasteiger partial charge is 0.433 e. The maximum Gasteiger partial charge on any atom is 0.433 e. The van der Waals surface area contributed by atoms with E-state index in [4.69, 9.17) is 14.9 Å². The average Bonchev–Trinajstić information content (AvgIpc) is 3.57. The molecule has 0 radical (unpaired) electrons. The molecule has 15 heteroatoms. The Bertz CT molecular complexity index is 1870. The predicted octanol–water partition coefficient (Wildman–Crippen LogP) is 7.37. The Morgan fingerprint density at radius 2 is 1.65 bits per heavy atom. The Hall–Kier alpha value is -4.92. The third-order valence-electron chi connectivity index (χ3n) is 6.09. The van der Waals surface area contributed by atoms with E-state index >= 15 is 0 Å². The van der Waals surface area contributed by atoms with Crippen molar-refractivity contribution >= 4 is 39.1 Å². The molecular formula is C28H16F7N3O4S. The highest BCUT2D eigenvalue weighted by Gasteiger charge is 2.35. The van der Waals surface area contributed by atoms with E-state index in [2.05, 4.69) is 10.3 Å². The van der Waals surface area contributed by atoms with Gasteiger partial charge in [0.25, 0.3) is 11.8 Å². The fourth-order valence-electron chi connectivity index (χ4n) is 4.07. The van der Waals surface area contributed by atoms with Crippen molar-refractivity contribution in [1.29, 1.82) is 0 Å². The molecule has 43 heavy (non-hydrogen) atoms. The summed E-state index contributed by atoms with van der Waals surface area (Å²) in [5, 5.41) is 2.44. The Kier molecular flexibility index (Phi) is 7.60. The molecular weight excluding hydrogens is 607 g/mol. The number of alkyl halides is 3. The van der Waals surface area contributed by atoms with Gasteiger partial charge >= 0.3 is 6.18 Å². The Morgan fingerprint density at radius 1 is 1.00 bits per heavy atom. The number of benzene rings is 2. The van der Waals surface area contributed by atoms with Crippen LogP contribution in [0, 0.1) is 30.2 Å². The van der Waals surface area contributed by atoms with Gasteiger partial charge in [-0.3, -0.25) is 9.59 Å². The van der Waals surface area contributed by atoms with Crippen LogP contribution < -0.4 is 15.8 Å². The quantitative estimate of drug-likeness (QED) is 0.145. The minimum Gasteiger partial charge on any atom is -0.479 e. The van der Waals surface area contributed by atoms with Crippen molar-refractivity contribution in [2.45, 2.75) is 19.7 Å². The van der Waals surface area contributed by atoms with Gasteiger partial charge in [0, 0.05) is 11.5 Å². The lowest BCUT2D eigenvalue weighted by molar-refractivity contribution is -0.140. The van der Waals surface area contributed by atoms with E-state index in [1.165, 1.54) is 0 Å². The number of halogens is 7. The van der Waals surface area contributed by atoms with Gasteiger partial charge in [0.2, 0.25) is 11.6 Å². The summed E-state index contributed by atoms with van der Waals surface area (Å²) in [6, 6.07) is 9.52. The van der Waals surface area contributed by atoms with Gasteiger partial charge in [-0.05, 0) is 36.2 Å². The predicted molar refractivity (Wildman–Crippen MR) is 141 cm³/mol. The summed E-state index contributed by atoms with van der Waals surface area (Å²) >= 11 is 0.544. The molecule has 0 spiro atoms. The molecule has 0 fully saturated rings. The van der Waals surface area contributed by atoms with Gasteiger partial charge < -0.3 is 20.2 Å². The zero-order chi connectivity index (χ0) is 31.2. The number of furan rings is 1. The molecule has 222 valence electrons. The summed E-state index contributed by atoms with van der Waals surface area (Å²) in [7, 11) is 0. The normalized spacial score (nSPS) is 11.6. The standard InChI is InChI=1S/C28H16F7N3O4S/c1-11-2-4-12(5-3-11)14-8-18(28(33,34)35)37-27-19(14)22(24(43-27)25(36)39)38-26(40)17-7-6-13(42-17)10-41-23-20(31)15(29)9-16(30)21(23)32/h2-9H,10H2,1H3,(H2,36,39)(H,38,40). The number of fused-ring (bicyclic) bond motifs is 1. The molecule has 5 rings (SSSR count). The second kappa shape index (κ2) is 11.1. The number of nitrogens with one attached hydrogen (secondary N) is 1. The van der Waals surface area contributed by atoms with Crippen LogP contribution in [0.25, 0.3) is 21.3 Å². The molecule has 0 saturated carbocycles. The van der Waals surface area contributed by atoms with Crippen molar-refractivity contribution in [1.82, 2.24) is 4.98 Å². The van der Waals surface area contributed by atoms with Crippen LogP contribution in [-0.2, 0) is 12.8 Å². The Balaban J connectivity index is 1.51. The monoisotopic (exact) mass is 623 g/mol. The topological polar surface area (TPSA) is 107 Å². The molecule has 0 atom stereocenters. The third-order valence-corrected chi connectivity index (χ3v) is 7.19. The number of anilines is 1. The van der Waals surface area contributed by atoms with Crippen LogP contribution in [0.3, 0.4) is 0 Å². The van der Waals surface area contributed by atoms with E-state index in [0.29, 0.717) is 16.9 Å². The van der Waals surface area contributed by atoms with Gasteiger partial charge in [0.05, 0.1) is 5.69 Å². The number of hydrogen-bond donors (Lipinski definition) is 2. The van der Waals surface area contributed by atoms with E-state index in [-0.39, 0.29) is 38.2 Å². The highest BCUT2D eigenvalue weighted by atomic mass is 32.1. The van der Waals surface area contributed by atoms with Crippen LogP contribution in [0.4, 0.5) is 36.4 Å². The molecule has 0 unspecified atom stereocenters. The number of hydrogen-bond acceptors (Lipinski definition) is 6. The molecule has 0 aliphatic carbocycles. The van der Waals surface area contributed by atoms with Crippen LogP contribution >= 0.6 is 11.3 Å². The van der Waals surface area contributed by atoms with Gasteiger partial charge in [-0.2, -0.15) is 22.0 Å². The van der Waals surface area contributed by atoms with Gasteiger partial charge in [-0.1, -0.05) is 29.8 Å². The second-order valence-corrected chi connectivity index (χ2v) is 10.1. The number of thiophene rings is 1. The molecule has 7 nitrogen and oxygen atoms in total. The minimum absolute atomic E-state index is 0.00500. The lowest BCUT2D eigenvalue weighted by Crippen LogP contribution is -2.16. The number of amides is 2. The highest BCUT2D eigenvalue weighted by molar-refractivity contribution is 7.21. The van der Waals surface area contributed by atoms with E-state index in [1.807, 2.05) is 0 Å². The van der Waals surface area contributed by atoms with Gasteiger partial charge in [0.15, 0.2) is 23.1 Å². The zero-order valence-corrected chi connectivity index (χ0v) is 22.4. The van der Waals surface area contributed by atoms with Gasteiger partial charge in [-0.25, -0.2) is 13.8 Å². The van der Waals surface area contributed by atoms with Crippen LogP contribution in [0.2, 0.25) is 0 Å². The van der Waals surface area contributed by atoms with Crippen molar-refractivity contribution in [3.05, 3.63) is 99.5 Å². The van der Waals surface area contributed by atoms with E-state index in [9.17, 15) is 40.3 Å². The number of rotatable bonds is 7. The van der Waals surface area contributed by atoms with E-state index in [0.717, 1.165) is 23.8 Å². The maximum absolute atomic E-state index is 13.9. The van der Waals surface area contributed by atoms with Crippen LogP contribution in [-0.4, -0.2) is 16.8 Å². The molecule has 0 aliphatic rings. The Labute approximate surface area is 240 Å². The third kappa shape index (κ3) is 5.75. The number of aromatic nitrogens is 1. The number of aryl methyl sites for hydroxylation is 1. The van der Waals surface area contributed by atoms with Gasteiger partial charge in [0.1, 0.15) is 27.8 Å². The largest absolute Gasteiger partial charge is 0.479 e. The van der Waals surface area contributed by atoms with Crippen LogP contribution in [0.5, 0.6) is 5.75 Å². The van der Waals surface area contributed by atoms with Crippen molar-refractivity contribution < 1.29 is 49.5 Å². The first-order valence-corrected chi connectivity index (χ1v) is 12.8. The lowest BCUT2D eigenvalue weighted by Gasteiger charge is -2.12. The number of carbonyl (C=O) groups is 2. The lowest BCUT2D eigenvalue weighted by atomic mass is 10.00. The first kappa shape index (κ1) is 29.6. The molecule has 2 aromatic carbocycles. The molecule has 0 bridgehead atoms. The summed E-state index contributed by atoms with van der Waals surface area (Å²) in [6.07, 6.45) is -4.83. The number of carbonyl (C=O) groups excluding carboxylic acids is 2. The molecule has 0 aliphatic heterocycles. The van der Waals surface area contributed by atoms with Crippen molar-refractivity contribution in [3.8, 4) is 16.9 Å². The van der Waals surface area contributed by atoms with Crippen molar-refractivity contribution in [2.24, 2.45) is 5.73 Å². The molecule has 0 saturated heterocycles. The molecule has 5 aromatic rings. The molecule has 2 amide bonds. The number of nitrogens with two attached hydrogens (primary N) is 1. The minimum atomic E-state index is -4.83. The Morgan fingerprint density at radius 3 is 2.26 bits per heavy atom. The number of nitrogens with zero attached hydrogens (tertiary/aromatic N) is 1. The van der Waals surface area contributed by atoms with Crippen LogP contribution in [0.1, 0.15) is 37.2 Å². The second-order valence-electron chi connectivity index (χ2n) is 9.08. The van der Waals surface area contributed by atoms with Crippen LogP contribution in [0.15, 0.2) is 52.9 Å². The van der Waals surface area contributed by atoms with Crippen molar-refractivity contribution in [3.63, 3.8) is 0 Å². The number of primary amides is 1. The average molecular weight is 624 g/mol. The highest BCUT2D eigenvalue weighted by Crippen LogP contribution is 2.44. The first-order valence-electron chi connectivity index (χ1n) is 12.0. The first-order chi connectivity index (χ1) is 20.2. The zero-order valence-electron chi connectivity index (χ0n) is 21.5. The molecule has 3 N–H and O–H groups in total. The number of pyridine rings is 1. The summed E-state index contributed by atoms with van der Waals surface area (Å²) < 4.78 is 106. The molecule has 3 heterocycles. The summed E-state index contributed by atoms with van der Waals surface area (Å²) in [6.45, 7) is 1.03. The van der Waals surface area contributed by atoms with E-state index in [1.54, 1.807) is 31.2 Å². The maximum atomic E-state index is 13.9. The molecule has 3 aromatic heterocycles.